The first-order valence-corrected chi connectivity index (χ1v) is 11.6. The van der Waals surface area contributed by atoms with Crippen molar-refractivity contribution in [1.29, 1.82) is 0 Å². The predicted molar refractivity (Wildman–Crippen MR) is 124 cm³/mol. The fourth-order valence-corrected chi connectivity index (χ4v) is 5.39. The third kappa shape index (κ3) is 3.70. The highest BCUT2D eigenvalue weighted by Crippen LogP contribution is 2.36. The number of primary amides is 1. The maximum Gasteiger partial charge on any atom is 0.256 e. The Bertz CT molecular complexity index is 1130. The zero-order chi connectivity index (χ0) is 21.4. The first-order chi connectivity index (χ1) is 15.1. The van der Waals surface area contributed by atoms with Crippen molar-refractivity contribution in [3.05, 3.63) is 77.5 Å². The van der Waals surface area contributed by atoms with Crippen molar-refractivity contribution in [3.8, 4) is 11.3 Å². The van der Waals surface area contributed by atoms with Crippen molar-refractivity contribution in [2.45, 2.75) is 11.6 Å². The summed E-state index contributed by atoms with van der Waals surface area (Å²) in [6.07, 6.45) is 0. The van der Waals surface area contributed by atoms with Crippen LogP contribution in [0.25, 0.3) is 11.3 Å². The van der Waals surface area contributed by atoms with Crippen LogP contribution in [-0.4, -0.2) is 47.5 Å². The van der Waals surface area contributed by atoms with Gasteiger partial charge in [0.25, 0.3) is 5.91 Å². The average Bonchev–Trinajstić information content (AvgIpc) is 3.41. The molecule has 0 unspecified atom stereocenters. The van der Waals surface area contributed by atoms with Gasteiger partial charge in [0.15, 0.2) is 0 Å². The van der Waals surface area contributed by atoms with Crippen LogP contribution in [0.3, 0.4) is 0 Å². The number of thioether (sulfide) groups is 1. The summed E-state index contributed by atoms with van der Waals surface area (Å²) in [5.74, 6) is 1.49. The Morgan fingerprint density at radius 3 is 2.42 bits per heavy atom. The topological polar surface area (TPSA) is 71.6 Å². The summed E-state index contributed by atoms with van der Waals surface area (Å²) in [4.78, 5) is 29.1. The molecule has 3 heterocycles. The summed E-state index contributed by atoms with van der Waals surface area (Å²) >= 11 is 1.87. The van der Waals surface area contributed by atoms with E-state index in [0.717, 1.165) is 47.2 Å². The minimum atomic E-state index is -0.427. The van der Waals surface area contributed by atoms with Crippen LogP contribution in [0.5, 0.6) is 0 Å². The Hall–Kier alpha value is -3.19. The first-order valence-electron chi connectivity index (χ1n) is 10.4. The van der Waals surface area contributed by atoms with Crippen LogP contribution in [-0.2, 0) is 11.6 Å². The normalized spacial score (nSPS) is 15.7. The van der Waals surface area contributed by atoms with Gasteiger partial charge < -0.3 is 20.1 Å². The number of aromatic nitrogens is 1. The lowest BCUT2D eigenvalue weighted by molar-refractivity contribution is 0.0747. The minimum absolute atomic E-state index is 0.0938. The van der Waals surface area contributed by atoms with Gasteiger partial charge in [-0.05, 0) is 29.8 Å². The maximum atomic E-state index is 13.5. The van der Waals surface area contributed by atoms with Crippen molar-refractivity contribution in [2.24, 2.45) is 5.73 Å². The van der Waals surface area contributed by atoms with Gasteiger partial charge in [-0.15, -0.1) is 11.8 Å². The molecule has 0 aliphatic carbocycles. The van der Waals surface area contributed by atoms with Crippen molar-refractivity contribution >= 4 is 29.3 Å². The molecule has 0 atom stereocenters. The highest BCUT2D eigenvalue weighted by molar-refractivity contribution is 7.97. The molecular weight excluding hydrogens is 408 g/mol. The fourth-order valence-electron chi connectivity index (χ4n) is 4.37. The molecule has 31 heavy (non-hydrogen) atoms. The Labute approximate surface area is 185 Å². The summed E-state index contributed by atoms with van der Waals surface area (Å²) < 4.78 is 2.28. The number of carbonyl (C=O) groups excluding carboxylic acids is 2. The summed E-state index contributed by atoms with van der Waals surface area (Å²) in [5.41, 5.74) is 11.0. The van der Waals surface area contributed by atoms with Gasteiger partial charge >= 0.3 is 0 Å². The lowest BCUT2D eigenvalue weighted by Gasteiger charge is -2.36. The largest absolute Gasteiger partial charge is 0.368 e. The third-order valence-corrected chi connectivity index (χ3v) is 6.93. The molecule has 158 valence electrons. The average molecular weight is 433 g/mol. The summed E-state index contributed by atoms with van der Waals surface area (Å²) in [7, 11) is 0. The van der Waals surface area contributed by atoms with Crippen molar-refractivity contribution in [1.82, 2.24) is 9.47 Å². The van der Waals surface area contributed by atoms with Gasteiger partial charge in [-0.2, -0.15) is 0 Å². The minimum Gasteiger partial charge on any atom is -0.368 e. The summed E-state index contributed by atoms with van der Waals surface area (Å²) in [5, 5.41) is 0. The molecule has 2 aromatic carbocycles. The Morgan fingerprint density at radius 1 is 0.903 bits per heavy atom. The number of fused-ring (bicyclic) bond motifs is 1. The van der Waals surface area contributed by atoms with Gasteiger partial charge in [0.1, 0.15) is 0 Å². The van der Waals surface area contributed by atoms with E-state index < -0.39 is 5.91 Å². The van der Waals surface area contributed by atoms with Crippen LogP contribution >= 0.6 is 11.8 Å². The van der Waals surface area contributed by atoms with Crippen LogP contribution in [0.1, 0.15) is 26.4 Å². The number of anilines is 1. The van der Waals surface area contributed by atoms with E-state index in [2.05, 4.69) is 27.7 Å². The number of hydrogen-bond acceptors (Lipinski definition) is 4. The number of benzene rings is 2. The van der Waals surface area contributed by atoms with E-state index >= 15 is 0 Å². The molecule has 0 bridgehead atoms. The molecule has 1 saturated heterocycles. The number of amides is 2. The fraction of sp³-hybridized carbons (Fsp3) is 0.250. The Balaban J connectivity index is 1.36. The highest BCUT2D eigenvalue weighted by atomic mass is 32.2. The number of carbonyl (C=O) groups is 2. The number of nitrogens with zero attached hydrogens (tertiary/aromatic N) is 3. The molecule has 6 nitrogen and oxygen atoms in total. The van der Waals surface area contributed by atoms with E-state index in [-0.39, 0.29) is 5.91 Å². The molecule has 1 aromatic heterocycles. The molecular formula is C24H24N4O2S. The van der Waals surface area contributed by atoms with Crippen LogP contribution in [0.4, 0.5) is 5.69 Å². The molecule has 1 fully saturated rings. The molecule has 0 radical (unpaired) electrons. The van der Waals surface area contributed by atoms with Crippen molar-refractivity contribution in [3.63, 3.8) is 0 Å². The van der Waals surface area contributed by atoms with Gasteiger partial charge in [-0.25, -0.2) is 0 Å². The van der Waals surface area contributed by atoms with E-state index in [4.69, 9.17) is 5.73 Å². The lowest BCUT2D eigenvalue weighted by atomic mass is 10.1. The summed E-state index contributed by atoms with van der Waals surface area (Å²) in [6, 6.07) is 19.6. The maximum absolute atomic E-state index is 13.5. The molecule has 5 rings (SSSR count). The number of rotatable bonds is 4. The van der Waals surface area contributed by atoms with Gasteiger partial charge in [0.05, 0.1) is 17.1 Å². The molecule has 0 spiro atoms. The Morgan fingerprint density at radius 2 is 1.68 bits per heavy atom. The molecule has 2 aliphatic heterocycles. The molecule has 7 heteroatoms. The molecule has 2 aliphatic rings. The zero-order valence-electron chi connectivity index (χ0n) is 17.2. The van der Waals surface area contributed by atoms with E-state index in [1.54, 1.807) is 6.07 Å². The second kappa shape index (κ2) is 8.15. The number of hydrogen-bond donors (Lipinski definition) is 1. The van der Waals surface area contributed by atoms with Crippen LogP contribution in [0, 0.1) is 0 Å². The second-order valence-electron chi connectivity index (χ2n) is 7.86. The van der Waals surface area contributed by atoms with Crippen LogP contribution in [0.15, 0.2) is 60.7 Å². The van der Waals surface area contributed by atoms with Gasteiger partial charge in [-0.3, -0.25) is 9.59 Å². The predicted octanol–water partition coefficient (Wildman–Crippen LogP) is 3.42. The molecule has 3 aromatic rings. The van der Waals surface area contributed by atoms with Crippen LogP contribution < -0.4 is 10.6 Å². The highest BCUT2D eigenvalue weighted by Gasteiger charge is 2.29. The van der Waals surface area contributed by atoms with E-state index in [9.17, 15) is 9.59 Å². The smallest absolute Gasteiger partial charge is 0.256 e. The Kier molecular flexibility index (Phi) is 5.19. The standard InChI is InChI=1S/C24H24N4O2S/c25-23(29)18-7-4-8-19(13-18)26-9-11-27(12-10-26)24(30)21-14-20-15-31-16-28(20)22(21)17-5-2-1-3-6-17/h1-8,13-14H,9-12,15-16H2,(H2,25,29). The number of piperazine rings is 1. The van der Waals surface area contributed by atoms with E-state index in [0.29, 0.717) is 18.7 Å². The molecule has 2 amide bonds. The van der Waals surface area contributed by atoms with E-state index in [1.165, 1.54) is 5.69 Å². The summed E-state index contributed by atoms with van der Waals surface area (Å²) in [6.45, 7) is 2.72. The third-order valence-electron chi connectivity index (χ3n) is 5.99. The lowest BCUT2D eigenvalue weighted by Crippen LogP contribution is -2.48. The quantitative estimate of drug-likeness (QED) is 0.686. The number of nitrogens with two attached hydrogens (primary N) is 1. The van der Waals surface area contributed by atoms with Crippen LogP contribution in [0.2, 0.25) is 0 Å². The van der Waals surface area contributed by atoms with Gasteiger partial charge in [-0.1, -0.05) is 36.4 Å². The van der Waals surface area contributed by atoms with E-state index in [1.807, 2.05) is 53.1 Å². The first kappa shape index (κ1) is 19.8. The second-order valence-corrected chi connectivity index (χ2v) is 8.82. The van der Waals surface area contributed by atoms with Gasteiger partial charge in [0.2, 0.25) is 5.91 Å². The van der Waals surface area contributed by atoms with Crippen molar-refractivity contribution < 1.29 is 9.59 Å². The zero-order valence-corrected chi connectivity index (χ0v) is 18.0. The SMILES string of the molecule is NC(=O)c1cccc(N2CCN(C(=O)c3cc4n(c3-c3ccccc3)CSC4)CC2)c1. The van der Waals surface area contributed by atoms with Gasteiger partial charge in [0, 0.05) is 48.9 Å². The van der Waals surface area contributed by atoms with Crippen molar-refractivity contribution in [2.75, 3.05) is 31.1 Å². The molecule has 2 N–H and O–H groups in total. The molecule has 0 saturated carbocycles. The monoisotopic (exact) mass is 432 g/mol.